The summed E-state index contributed by atoms with van der Waals surface area (Å²) < 4.78 is 13.6. The average Bonchev–Trinajstić information content (AvgIpc) is 3.05. The smallest absolute Gasteiger partial charge is 0.242 e. The molecule has 1 fully saturated rings. The van der Waals surface area contributed by atoms with Gasteiger partial charge in [-0.3, -0.25) is 4.79 Å². The summed E-state index contributed by atoms with van der Waals surface area (Å²) in [7, 11) is 0. The predicted molar refractivity (Wildman–Crippen MR) is 96.1 cm³/mol. The lowest BCUT2D eigenvalue weighted by molar-refractivity contribution is -0.133. The number of para-hydroxylation sites is 1. The molecule has 2 aliphatic rings. The fourth-order valence-corrected chi connectivity index (χ4v) is 3.84. The summed E-state index contributed by atoms with van der Waals surface area (Å²) in [5.74, 6) is -0.156. The van der Waals surface area contributed by atoms with Gasteiger partial charge in [0, 0.05) is 31.9 Å². The number of halogens is 1. The standard InChI is InChI=1S/C20H22FN3O/c21-17-6-3-5-16(12-17)19-13-22-9-11-24(19)20(25)14-23-10-8-15-4-1-2-7-18(15)23/h1-7,12,19,22H,8-11,13-14H2. The summed E-state index contributed by atoms with van der Waals surface area (Å²) in [5.41, 5.74) is 3.31. The number of rotatable bonds is 3. The molecule has 2 aromatic carbocycles. The molecule has 25 heavy (non-hydrogen) atoms. The maximum atomic E-state index is 13.6. The van der Waals surface area contributed by atoms with E-state index in [1.807, 2.05) is 23.1 Å². The number of nitrogens with zero attached hydrogens (tertiary/aromatic N) is 2. The van der Waals surface area contributed by atoms with Gasteiger partial charge in [-0.25, -0.2) is 4.39 Å². The molecule has 5 heteroatoms. The zero-order chi connectivity index (χ0) is 17.2. The van der Waals surface area contributed by atoms with Crippen LogP contribution in [0.4, 0.5) is 10.1 Å². The Morgan fingerprint density at radius 3 is 2.92 bits per heavy atom. The first-order valence-corrected chi connectivity index (χ1v) is 8.81. The van der Waals surface area contributed by atoms with E-state index in [0.717, 1.165) is 30.8 Å². The Hall–Kier alpha value is -2.40. The maximum absolute atomic E-state index is 13.6. The maximum Gasteiger partial charge on any atom is 0.242 e. The molecule has 0 saturated carbocycles. The van der Waals surface area contributed by atoms with Crippen molar-refractivity contribution in [3.63, 3.8) is 0 Å². The molecule has 1 unspecified atom stereocenters. The van der Waals surface area contributed by atoms with E-state index in [4.69, 9.17) is 0 Å². The van der Waals surface area contributed by atoms with Crippen LogP contribution in [-0.2, 0) is 11.2 Å². The molecule has 4 nitrogen and oxygen atoms in total. The topological polar surface area (TPSA) is 35.6 Å². The van der Waals surface area contributed by atoms with Gasteiger partial charge in [0.2, 0.25) is 5.91 Å². The van der Waals surface area contributed by atoms with Crippen molar-refractivity contribution in [2.45, 2.75) is 12.5 Å². The second kappa shape index (κ2) is 6.84. The Morgan fingerprint density at radius 1 is 1.16 bits per heavy atom. The first-order chi connectivity index (χ1) is 12.2. The summed E-state index contributed by atoms with van der Waals surface area (Å²) in [6, 6.07) is 14.7. The minimum Gasteiger partial charge on any atom is -0.362 e. The summed E-state index contributed by atoms with van der Waals surface area (Å²) >= 11 is 0. The molecule has 1 saturated heterocycles. The van der Waals surface area contributed by atoms with Crippen molar-refractivity contribution < 1.29 is 9.18 Å². The van der Waals surface area contributed by atoms with Gasteiger partial charge in [-0.15, -0.1) is 0 Å². The molecule has 1 N–H and O–H groups in total. The number of piperazine rings is 1. The summed E-state index contributed by atoms with van der Waals surface area (Å²) in [6.45, 7) is 3.33. The zero-order valence-electron chi connectivity index (χ0n) is 14.1. The highest BCUT2D eigenvalue weighted by atomic mass is 19.1. The summed E-state index contributed by atoms with van der Waals surface area (Å²) in [5, 5.41) is 3.32. The lowest BCUT2D eigenvalue weighted by Gasteiger charge is -2.37. The molecule has 4 rings (SSSR count). The number of benzene rings is 2. The molecule has 0 aromatic heterocycles. The number of hydrogen-bond donors (Lipinski definition) is 1. The molecule has 2 aromatic rings. The van der Waals surface area contributed by atoms with Crippen molar-refractivity contribution in [2.75, 3.05) is 37.6 Å². The minimum absolute atomic E-state index is 0.104. The van der Waals surface area contributed by atoms with Crippen LogP contribution in [-0.4, -0.2) is 43.5 Å². The largest absolute Gasteiger partial charge is 0.362 e. The van der Waals surface area contributed by atoms with Crippen molar-refractivity contribution in [3.8, 4) is 0 Å². The van der Waals surface area contributed by atoms with Crippen molar-refractivity contribution >= 4 is 11.6 Å². The Morgan fingerprint density at radius 2 is 2.04 bits per heavy atom. The first-order valence-electron chi connectivity index (χ1n) is 8.81. The lowest BCUT2D eigenvalue weighted by Crippen LogP contribution is -2.51. The molecule has 130 valence electrons. The quantitative estimate of drug-likeness (QED) is 0.932. The van der Waals surface area contributed by atoms with E-state index in [9.17, 15) is 9.18 Å². The van der Waals surface area contributed by atoms with Gasteiger partial charge >= 0.3 is 0 Å². The number of fused-ring (bicyclic) bond motifs is 1. The average molecular weight is 339 g/mol. The van der Waals surface area contributed by atoms with Gasteiger partial charge in [-0.2, -0.15) is 0 Å². The van der Waals surface area contributed by atoms with Crippen LogP contribution < -0.4 is 10.2 Å². The Kier molecular flexibility index (Phi) is 4.40. The van der Waals surface area contributed by atoms with Gasteiger partial charge < -0.3 is 15.1 Å². The lowest BCUT2D eigenvalue weighted by atomic mass is 10.0. The van der Waals surface area contributed by atoms with E-state index >= 15 is 0 Å². The van der Waals surface area contributed by atoms with E-state index in [0.29, 0.717) is 19.6 Å². The number of carbonyl (C=O) groups is 1. The molecule has 0 bridgehead atoms. The zero-order valence-corrected chi connectivity index (χ0v) is 14.1. The van der Waals surface area contributed by atoms with Crippen LogP contribution in [0.3, 0.4) is 0 Å². The molecule has 0 aliphatic carbocycles. The fraction of sp³-hybridized carbons (Fsp3) is 0.350. The number of carbonyl (C=O) groups excluding carboxylic acids is 1. The molecule has 0 radical (unpaired) electrons. The van der Waals surface area contributed by atoms with Crippen LogP contribution in [0, 0.1) is 5.82 Å². The van der Waals surface area contributed by atoms with Gasteiger partial charge in [-0.1, -0.05) is 30.3 Å². The van der Waals surface area contributed by atoms with Crippen LogP contribution in [0.15, 0.2) is 48.5 Å². The first kappa shape index (κ1) is 16.1. The van der Waals surface area contributed by atoms with Crippen molar-refractivity contribution in [3.05, 3.63) is 65.5 Å². The third-order valence-corrected chi connectivity index (χ3v) is 5.11. The second-order valence-corrected chi connectivity index (χ2v) is 6.66. The van der Waals surface area contributed by atoms with Crippen LogP contribution in [0.5, 0.6) is 0 Å². The Bertz CT molecular complexity index is 779. The van der Waals surface area contributed by atoms with Crippen molar-refractivity contribution in [1.29, 1.82) is 0 Å². The summed E-state index contributed by atoms with van der Waals surface area (Å²) in [6.07, 6.45) is 0.984. The normalized spacial score (nSPS) is 19.8. The van der Waals surface area contributed by atoms with E-state index < -0.39 is 0 Å². The number of nitrogens with one attached hydrogen (secondary N) is 1. The Balaban J connectivity index is 1.52. The van der Waals surface area contributed by atoms with E-state index in [1.54, 1.807) is 6.07 Å². The third kappa shape index (κ3) is 3.24. The molecule has 0 spiro atoms. The van der Waals surface area contributed by atoms with Gasteiger partial charge in [0.25, 0.3) is 0 Å². The van der Waals surface area contributed by atoms with Crippen LogP contribution in [0.1, 0.15) is 17.2 Å². The van der Waals surface area contributed by atoms with Crippen LogP contribution in [0.2, 0.25) is 0 Å². The number of amides is 1. The molecule has 1 amide bonds. The predicted octanol–water partition coefficient (Wildman–Crippen LogP) is 2.36. The molecule has 2 aliphatic heterocycles. The third-order valence-electron chi connectivity index (χ3n) is 5.11. The molecule has 2 heterocycles. The number of hydrogen-bond acceptors (Lipinski definition) is 3. The second-order valence-electron chi connectivity index (χ2n) is 6.66. The van der Waals surface area contributed by atoms with Gasteiger partial charge in [0.15, 0.2) is 0 Å². The van der Waals surface area contributed by atoms with Crippen LogP contribution in [0.25, 0.3) is 0 Å². The number of anilines is 1. The SMILES string of the molecule is O=C(CN1CCc2ccccc21)N1CCNCC1c1cccc(F)c1. The summed E-state index contributed by atoms with van der Waals surface area (Å²) in [4.78, 5) is 17.0. The van der Waals surface area contributed by atoms with Gasteiger partial charge in [-0.05, 0) is 35.7 Å². The molecular weight excluding hydrogens is 317 g/mol. The minimum atomic E-state index is -0.260. The van der Waals surface area contributed by atoms with E-state index in [2.05, 4.69) is 22.3 Å². The van der Waals surface area contributed by atoms with Crippen molar-refractivity contribution in [1.82, 2.24) is 10.2 Å². The van der Waals surface area contributed by atoms with Crippen LogP contribution >= 0.6 is 0 Å². The van der Waals surface area contributed by atoms with Crippen molar-refractivity contribution in [2.24, 2.45) is 0 Å². The fourth-order valence-electron chi connectivity index (χ4n) is 3.84. The monoisotopic (exact) mass is 339 g/mol. The van der Waals surface area contributed by atoms with E-state index in [1.165, 1.54) is 17.7 Å². The van der Waals surface area contributed by atoms with Gasteiger partial charge in [0.05, 0.1) is 12.6 Å². The van der Waals surface area contributed by atoms with E-state index in [-0.39, 0.29) is 17.8 Å². The highest BCUT2D eigenvalue weighted by Crippen LogP contribution is 2.28. The highest BCUT2D eigenvalue weighted by Gasteiger charge is 2.30. The van der Waals surface area contributed by atoms with Gasteiger partial charge in [0.1, 0.15) is 5.82 Å². The Labute approximate surface area is 147 Å². The molecule has 1 atom stereocenters. The molecular formula is C20H22FN3O. The highest BCUT2D eigenvalue weighted by molar-refractivity contribution is 5.83.